The van der Waals surface area contributed by atoms with Crippen molar-refractivity contribution in [1.29, 1.82) is 0 Å². The summed E-state index contributed by atoms with van der Waals surface area (Å²) in [5, 5.41) is 4.64. The molecule has 0 fully saturated rings. The van der Waals surface area contributed by atoms with Crippen LogP contribution >= 0.6 is 23.5 Å². The topological polar surface area (TPSA) is 24.4 Å². The van der Waals surface area contributed by atoms with Crippen LogP contribution in [0, 0.1) is 0 Å². The second-order valence-electron chi connectivity index (χ2n) is 3.30. The largest absolute Gasteiger partial charge is 0.361 e. The normalized spacial score (nSPS) is 24.2. The van der Waals surface area contributed by atoms with Gasteiger partial charge in [0.15, 0.2) is 5.17 Å². The Kier molecular flexibility index (Phi) is 5.02. The number of nitrogens with zero attached hydrogens (tertiary/aromatic N) is 1. The van der Waals surface area contributed by atoms with Crippen molar-refractivity contribution in [2.75, 3.05) is 17.8 Å². The summed E-state index contributed by atoms with van der Waals surface area (Å²) in [4.78, 5) is 4.52. The second kappa shape index (κ2) is 5.81. The number of nitrogens with one attached hydrogen (secondary N) is 1. The van der Waals surface area contributed by atoms with E-state index in [0.717, 1.165) is 10.9 Å². The fourth-order valence-electron chi connectivity index (χ4n) is 1.19. The van der Waals surface area contributed by atoms with Gasteiger partial charge in [-0.2, -0.15) is 11.8 Å². The summed E-state index contributed by atoms with van der Waals surface area (Å²) in [6.07, 6.45) is 3.32. The zero-order valence-corrected chi connectivity index (χ0v) is 10.2. The van der Waals surface area contributed by atoms with Gasteiger partial charge in [-0.3, -0.25) is 4.99 Å². The first-order chi connectivity index (χ1) is 6.26. The summed E-state index contributed by atoms with van der Waals surface area (Å²) < 4.78 is 0. The number of hydrogen-bond donors (Lipinski definition) is 1. The minimum Gasteiger partial charge on any atom is -0.361 e. The van der Waals surface area contributed by atoms with E-state index in [1.807, 2.05) is 23.5 Å². The molecule has 1 N–H and O–H groups in total. The van der Waals surface area contributed by atoms with Crippen molar-refractivity contribution >= 4 is 28.7 Å². The average molecular weight is 218 g/mol. The van der Waals surface area contributed by atoms with Crippen molar-refractivity contribution in [3.63, 3.8) is 0 Å². The average Bonchev–Trinajstić information content (AvgIpc) is 2.50. The smallest absolute Gasteiger partial charge is 0.157 e. The zero-order chi connectivity index (χ0) is 9.68. The van der Waals surface area contributed by atoms with E-state index < -0.39 is 0 Å². The molecule has 76 valence electrons. The Bertz CT molecular complexity index is 182. The molecule has 13 heavy (non-hydrogen) atoms. The lowest BCUT2D eigenvalue weighted by Gasteiger charge is -2.15. The van der Waals surface area contributed by atoms with E-state index in [1.165, 1.54) is 12.2 Å². The van der Waals surface area contributed by atoms with Gasteiger partial charge in [0.2, 0.25) is 0 Å². The van der Waals surface area contributed by atoms with Crippen molar-refractivity contribution in [3.05, 3.63) is 0 Å². The van der Waals surface area contributed by atoms with Crippen molar-refractivity contribution in [3.8, 4) is 0 Å². The molecule has 1 aliphatic rings. The Morgan fingerprint density at radius 1 is 1.77 bits per heavy atom. The SMILES string of the molecule is CCC(CSC)NC1=NC(C)CS1. The quantitative estimate of drug-likeness (QED) is 0.783. The van der Waals surface area contributed by atoms with Crippen LogP contribution in [0.2, 0.25) is 0 Å². The van der Waals surface area contributed by atoms with Crippen LogP contribution in [0.5, 0.6) is 0 Å². The Morgan fingerprint density at radius 2 is 2.54 bits per heavy atom. The zero-order valence-electron chi connectivity index (χ0n) is 8.54. The standard InChI is InChI=1S/C9H18N2S2/c1-4-8(6-12-3)11-9-10-7(2)5-13-9/h7-8H,4-6H2,1-3H3,(H,10,11). The van der Waals surface area contributed by atoms with Crippen molar-refractivity contribution in [2.45, 2.75) is 32.4 Å². The van der Waals surface area contributed by atoms with E-state index in [0.29, 0.717) is 12.1 Å². The minimum atomic E-state index is 0.499. The van der Waals surface area contributed by atoms with Gasteiger partial charge in [0, 0.05) is 17.5 Å². The summed E-state index contributed by atoms with van der Waals surface area (Å²) in [7, 11) is 0. The van der Waals surface area contributed by atoms with Crippen LogP contribution in [0.15, 0.2) is 4.99 Å². The molecule has 2 unspecified atom stereocenters. The summed E-state index contributed by atoms with van der Waals surface area (Å²) in [6, 6.07) is 1.09. The van der Waals surface area contributed by atoms with E-state index >= 15 is 0 Å². The highest BCUT2D eigenvalue weighted by Gasteiger charge is 2.16. The summed E-state index contributed by atoms with van der Waals surface area (Å²) >= 11 is 3.74. The Labute approximate surface area is 89.3 Å². The molecule has 0 bridgehead atoms. The van der Waals surface area contributed by atoms with Gasteiger partial charge in [-0.15, -0.1) is 0 Å². The van der Waals surface area contributed by atoms with Gasteiger partial charge >= 0.3 is 0 Å². The molecule has 0 saturated carbocycles. The number of thioether (sulfide) groups is 2. The van der Waals surface area contributed by atoms with Gasteiger partial charge in [-0.1, -0.05) is 18.7 Å². The molecule has 1 heterocycles. The summed E-state index contributed by atoms with van der Waals surface area (Å²) in [5.41, 5.74) is 0. The Hall–Kier alpha value is 0.170. The molecule has 0 radical (unpaired) electrons. The first kappa shape index (κ1) is 11.2. The molecule has 1 rings (SSSR count). The third-order valence-electron chi connectivity index (χ3n) is 1.99. The predicted molar refractivity (Wildman–Crippen MR) is 65.0 cm³/mol. The molecule has 4 heteroatoms. The second-order valence-corrected chi connectivity index (χ2v) is 5.22. The summed E-state index contributed by atoms with van der Waals surface area (Å²) in [6.45, 7) is 4.38. The monoisotopic (exact) mass is 218 g/mol. The van der Waals surface area contributed by atoms with Gasteiger partial charge in [0.1, 0.15) is 0 Å². The molecule has 0 amide bonds. The van der Waals surface area contributed by atoms with Gasteiger partial charge in [0.05, 0.1) is 6.04 Å². The number of aliphatic imine (C=N–C) groups is 1. The third kappa shape index (κ3) is 3.81. The Balaban J connectivity index is 2.33. The maximum Gasteiger partial charge on any atom is 0.157 e. The maximum atomic E-state index is 4.52. The van der Waals surface area contributed by atoms with E-state index in [9.17, 15) is 0 Å². The number of hydrogen-bond acceptors (Lipinski definition) is 4. The van der Waals surface area contributed by atoms with Gasteiger partial charge in [0.25, 0.3) is 0 Å². The lowest BCUT2D eigenvalue weighted by Crippen LogP contribution is -2.33. The van der Waals surface area contributed by atoms with Gasteiger partial charge in [-0.05, 0) is 19.6 Å². The minimum absolute atomic E-state index is 0.499. The highest BCUT2D eigenvalue weighted by molar-refractivity contribution is 8.14. The molecule has 0 aromatic heterocycles. The van der Waals surface area contributed by atoms with Gasteiger partial charge < -0.3 is 5.32 Å². The lowest BCUT2D eigenvalue weighted by atomic mass is 10.3. The summed E-state index contributed by atoms with van der Waals surface area (Å²) in [5.74, 6) is 2.31. The third-order valence-corrected chi connectivity index (χ3v) is 3.87. The molecule has 0 saturated heterocycles. The van der Waals surface area contributed by atoms with Crippen molar-refractivity contribution in [1.82, 2.24) is 5.32 Å². The van der Waals surface area contributed by atoms with E-state index in [4.69, 9.17) is 0 Å². The lowest BCUT2D eigenvalue weighted by molar-refractivity contribution is 0.654. The predicted octanol–water partition coefficient (Wildman–Crippen LogP) is 2.21. The van der Waals surface area contributed by atoms with Crippen LogP contribution in [0.1, 0.15) is 20.3 Å². The number of amidine groups is 1. The molecule has 2 nitrogen and oxygen atoms in total. The van der Waals surface area contributed by atoms with E-state index in [2.05, 4.69) is 30.4 Å². The highest BCUT2D eigenvalue weighted by atomic mass is 32.2. The van der Waals surface area contributed by atoms with E-state index in [-0.39, 0.29) is 0 Å². The first-order valence-electron chi connectivity index (χ1n) is 4.72. The fraction of sp³-hybridized carbons (Fsp3) is 0.889. The molecule has 0 spiro atoms. The van der Waals surface area contributed by atoms with Crippen LogP contribution in [0.25, 0.3) is 0 Å². The van der Waals surface area contributed by atoms with E-state index in [1.54, 1.807) is 0 Å². The molecular formula is C9H18N2S2. The van der Waals surface area contributed by atoms with Crippen molar-refractivity contribution < 1.29 is 0 Å². The fourth-order valence-corrected chi connectivity index (χ4v) is 2.89. The highest BCUT2D eigenvalue weighted by Crippen LogP contribution is 2.16. The van der Waals surface area contributed by atoms with Gasteiger partial charge in [-0.25, -0.2) is 0 Å². The molecule has 1 aliphatic heterocycles. The molecule has 0 aliphatic carbocycles. The van der Waals surface area contributed by atoms with Crippen LogP contribution < -0.4 is 5.32 Å². The molecule has 0 aromatic rings. The van der Waals surface area contributed by atoms with Crippen LogP contribution in [0.3, 0.4) is 0 Å². The van der Waals surface area contributed by atoms with Crippen LogP contribution in [-0.2, 0) is 0 Å². The number of rotatable bonds is 4. The van der Waals surface area contributed by atoms with Crippen molar-refractivity contribution in [2.24, 2.45) is 4.99 Å². The van der Waals surface area contributed by atoms with Crippen LogP contribution in [-0.4, -0.2) is 35.0 Å². The Morgan fingerprint density at radius 3 is 3.00 bits per heavy atom. The maximum absolute atomic E-state index is 4.52. The molecule has 2 atom stereocenters. The van der Waals surface area contributed by atoms with Crippen LogP contribution in [0.4, 0.5) is 0 Å². The molecule has 0 aromatic carbocycles. The molecular weight excluding hydrogens is 200 g/mol. The first-order valence-corrected chi connectivity index (χ1v) is 7.10.